The first-order valence-electron chi connectivity index (χ1n) is 4.33. The van der Waals surface area contributed by atoms with E-state index in [1.54, 1.807) is 11.8 Å². The van der Waals surface area contributed by atoms with Crippen LogP contribution in [-0.2, 0) is 4.79 Å². The number of thioether (sulfide) groups is 1. The fourth-order valence-electron chi connectivity index (χ4n) is 1.08. The Balaban J connectivity index is 2.30. The van der Waals surface area contributed by atoms with Crippen molar-refractivity contribution in [2.75, 3.05) is 18.1 Å². The van der Waals surface area contributed by atoms with Crippen LogP contribution in [0.3, 0.4) is 0 Å². The van der Waals surface area contributed by atoms with Crippen LogP contribution in [-0.4, -0.2) is 24.0 Å². The second kappa shape index (κ2) is 5.71. The number of rotatable bonds is 3. The number of terminal acetylenes is 1. The standard InChI is InChI=1S/C10H13NOS/c1-2-3-6-11-10(12)9-5-4-7-13-8-9/h1,5H,3-4,6-8H2,(H,11,12). The van der Waals surface area contributed by atoms with Crippen LogP contribution < -0.4 is 5.32 Å². The summed E-state index contributed by atoms with van der Waals surface area (Å²) in [6.07, 6.45) is 8.69. The first kappa shape index (κ1) is 10.2. The average molecular weight is 195 g/mol. The molecule has 1 aliphatic rings. The van der Waals surface area contributed by atoms with E-state index in [0.29, 0.717) is 13.0 Å². The normalized spacial score (nSPS) is 15.8. The Morgan fingerprint density at radius 3 is 3.23 bits per heavy atom. The molecule has 1 aliphatic heterocycles. The molecule has 0 saturated heterocycles. The van der Waals surface area contributed by atoms with E-state index in [1.165, 1.54) is 0 Å². The van der Waals surface area contributed by atoms with Gasteiger partial charge < -0.3 is 5.32 Å². The Morgan fingerprint density at radius 2 is 2.62 bits per heavy atom. The van der Waals surface area contributed by atoms with E-state index in [1.807, 2.05) is 6.08 Å². The van der Waals surface area contributed by atoms with Crippen molar-refractivity contribution in [2.45, 2.75) is 12.8 Å². The maximum atomic E-state index is 11.4. The first-order valence-corrected chi connectivity index (χ1v) is 5.48. The third-order valence-electron chi connectivity index (χ3n) is 1.76. The smallest absolute Gasteiger partial charge is 0.247 e. The van der Waals surface area contributed by atoms with E-state index in [9.17, 15) is 4.79 Å². The minimum absolute atomic E-state index is 0.0439. The third kappa shape index (κ3) is 3.56. The molecule has 0 fully saturated rings. The van der Waals surface area contributed by atoms with Crippen molar-refractivity contribution in [3.8, 4) is 12.3 Å². The van der Waals surface area contributed by atoms with Crippen molar-refractivity contribution in [1.29, 1.82) is 0 Å². The van der Waals surface area contributed by atoms with Gasteiger partial charge in [0.15, 0.2) is 0 Å². The predicted octanol–water partition coefficient (Wildman–Crippen LogP) is 1.19. The molecule has 0 unspecified atom stereocenters. The highest BCUT2D eigenvalue weighted by atomic mass is 32.2. The van der Waals surface area contributed by atoms with Gasteiger partial charge in [0.1, 0.15) is 0 Å². The van der Waals surface area contributed by atoms with Crippen molar-refractivity contribution in [1.82, 2.24) is 5.32 Å². The molecule has 0 atom stereocenters. The summed E-state index contributed by atoms with van der Waals surface area (Å²) in [6, 6.07) is 0. The van der Waals surface area contributed by atoms with Crippen molar-refractivity contribution < 1.29 is 4.79 Å². The van der Waals surface area contributed by atoms with Gasteiger partial charge in [0.2, 0.25) is 5.91 Å². The molecule has 2 nitrogen and oxygen atoms in total. The molecule has 0 aromatic carbocycles. The number of carbonyl (C=O) groups excluding carboxylic acids is 1. The van der Waals surface area contributed by atoms with Gasteiger partial charge in [-0.05, 0) is 12.2 Å². The number of allylic oxidation sites excluding steroid dienone is 1. The number of hydrogen-bond acceptors (Lipinski definition) is 2. The van der Waals surface area contributed by atoms with E-state index >= 15 is 0 Å². The summed E-state index contributed by atoms with van der Waals surface area (Å²) in [5.41, 5.74) is 0.897. The molecule has 1 rings (SSSR count). The lowest BCUT2D eigenvalue weighted by Gasteiger charge is -2.11. The molecule has 1 N–H and O–H groups in total. The topological polar surface area (TPSA) is 29.1 Å². The van der Waals surface area contributed by atoms with Crippen molar-refractivity contribution in [2.24, 2.45) is 0 Å². The van der Waals surface area contributed by atoms with E-state index in [0.717, 1.165) is 23.5 Å². The molecule has 3 heteroatoms. The highest BCUT2D eigenvalue weighted by Gasteiger charge is 2.10. The molecule has 1 amide bonds. The highest BCUT2D eigenvalue weighted by molar-refractivity contribution is 7.99. The lowest BCUT2D eigenvalue weighted by Crippen LogP contribution is -2.27. The molecule has 13 heavy (non-hydrogen) atoms. The summed E-state index contributed by atoms with van der Waals surface area (Å²) in [6.45, 7) is 0.581. The summed E-state index contributed by atoms with van der Waals surface area (Å²) in [5, 5.41) is 2.79. The summed E-state index contributed by atoms with van der Waals surface area (Å²) in [7, 11) is 0. The zero-order valence-corrected chi connectivity index (χ0v) is 8.32. The molecule has 0 radical (unpaired) electrons. The lowest BCUT2D eigenvalue weighted by molar-refractivity contribution is -0.117. The number of carbonyl (C=O) groups is 1. The van der Waals surface area contributed by atoms with Crippen LogP contribution in [0.1, 0.15) is 12.8 Å². The summed E-state index contributed by atoms with van der Waals surface area (Å²) >= 11 is 1.80. The molecule has 0 aromatic rings. The lowest BCUT2D eigenvalue weighted by atomic mass is 10.2. The van der Waals surface area contributed by atoms with Crippen LogP contribution in [0, 0.1) is 12.3 Å². The molecule has 0 aromatic heterocycles. The average Bonchev–Trinajstić information content (AvgIpc) is 2.19. The largest absolute Gasteiger partial charge is 0.351 e. The molecular weight excluding hydrogens is 182 g/mol. The van der Waals surface area contributed by atoms with Crippen LogP contribution >= 0.6 is 11.8 Å². The zero-order valence-electron chi connectivity index (χ0n) is 7.51. The minimum Gasteiger partial charge on any atom is -0.351 e. The summed E-state index contributed by atoms with van der Waals surface area (Å²) in [5.74, 6) is 4.49. The Morgan fingerprint density at radius 1 is 1.77 bits per heavy atom. The van der Waals surface area contributed by atoms with Crippen molar-refractivity contribution >= 4 is 17.7 Å². The monoisotopic (exact) mass is 195 g/mol. The van der Waals surface area contributed by atoms with E-state index in [2.05, 4.69) is 11.2 Å². The summed E-state index contributed by atoms with van der Waals surface area (Å²) < 4.78 is 0. The number of hydrogen-bond donors (Lipinski definition) is 1. The van der Waals surface area contributed by atoms with Gasteiger partial charge in [-0.25, -0.2) is 0 Å². The highest BCUT2D eigenvalue weighted by Crippen LogP contribution is 2.16. The number of amides is 1. The second-order valence-electron chi connectivity index (χ2n) is 2.78. The van der Waals surface area contributed by atoms with Crippen molar-refractivity contribution in [3.63, 3.8) is 0 Å². The predicted molar refractivity (Wildman–Crippen MR) is 56.5 cm³/mol. The Hall–Kier alpha value is -0.880. The molecule has 70 valence electrons. The number of nitrogens with one attached hydrogen (secondary N) is 1. The Labute approximate surface area is 83.2 Å². The SMILES string of the molecule is C#CCCNC(=O)C1=CCCSC1. The third-order valence-corrected chi connectivity index (χ3v) is 2.80. The molecule has 1 heterocycles. The molecule has 0 saturated carbocycles. The van der Waals surface area contributed by atoms with Crippen LogP contribution in [0.15, 0.2) is 11.6 Å². The fraction of sp³-hybridized carbons (Fsp3) is 0.500. The zero-order chi connectivity index (χ0) is 9.52. The Bertz CT molecular complexity index is 252. The van der Waals surface area contributed by atoms with Gasteiger partial charge >= 0.3 is 0 Å². The second-order valence-corrected chi connectivity index (χ2v) is 3.89. The molecule has 0 aliphatic carbocycles. The molecule has 0 spiro atoms. The van der Waals surface area contributed by atoms with Crippen LogP contribution in [0.2, 0.25) is 0 Å². The van der Waals surface area contributed by atoms with Gasteiger partial charge in [0.05, 0.1) is 0 Å². The van der Waals surface area contributed by atoms with Crippen LogP contribution in [0.4, 0.5) is 0 Å². The van der Waals surface area contributed by atoms with Crippen LogP contribution in [0.25, 0.3) is 0 Å². The fourth-order valence-corrected chi connectivity index (χ4v) is 1.98. The van der Waals surface area contributed by atoms with Gasteiger partial charge in [-0.15, -0.1) is 12.3 Å². The van der Waals surface area contributed by atoms with Crippen LogP contribution in [0.5, 0.6) is 0 Å². The van der Waals surface area contributed by atoms with Gasteiger partial charge in [-0.1, -0.05) is 6.08 Å². The van der Waals surface area contributed by atoms with Gasteiger partial charge in [-0.2, -0.15) is 11.8 Å². The quantitative estimate of drug-likeness (QED) is 0.541. The molecular formula is C10H13NOS. The minimum atomic E-state index is 0.0439. The van der Waals surface area contributed by atoms with Gasteiger partial charge in [-0.3, -0.25) is 4.79 Å². The van der Waals surface area contributed by atoms with E-state index in [-0.39, 0.29) is 5.91 Å². The van der Waals surface area contributed by atoms with Gasteiger partial charge in [0.25, 0.3) is 0 Å². The maximum Gasteiger partial charge on any atom is 0.247 e. The van der Waals surface area contributed by atoms with E-state index in [4.69, 9.17) is 6.42 Å². The maximum absolute atomic E-state index is 11.4. The Kier molecular flexibility index (Phi) is 4.48. The molecule has 0 bridgehead atoms. The van der Waals surface area contributed by atoms with Crippen molar-refractivity contribution in [3.05, 3.63) is 11.6 Å². The van der Waals surface area contributed by atoms with Gasteiger partial charge in [0, 0.05) is 24.3 Å². The first-order chi connectivity index (χ1) is 6.34. The summed E-state index contributed by atoms with van der Waals surface area (Å²) in [4.78, 5) is 11.4. The van der Waals surface area contributed by atoms with E-state index < -0.39 is 0 Å².